The third-order valence-corrected chi connectivity index (χ3v) is 4.20. The molecular weight excluding hydrogens is 320 g/mol. The van der Waals surface area contributed by atoms with Crippen LogP contribution in [0.25, 0.3) is 0 Å². The molecule has 0 spiro atoms. The van der Waals surface area contributed by atoms with Crippen molar-refractivity contribution in [1.29, 1.82) is 0 Å². The largest absolute Gasteiger partial charge is 0.467 e. The van der Waals surface area contributed by atoms with Gasteiger partial charge in [0, 0.05) is 19.6 Å². The van der Waals surface area contributed by atoms with Gasteiger partial charge in [0.15, 0.2) is 0 Å². The first-order valence-corrected chi connectivity index (χ1v) is 8.75. The lowest BCUT2D eigenvalue weighted by Gasteiger charge is -2.33. The van der Waals surface area contributed by atoms with Crippen molar-refractivity contribution in [2.45, 2.75) is 39.0 Å². The van der Waals surface area contributed by atoms with E-state index in [2.05, 4.69) is 22.3 Å². The van der Waals surface area contributed by atoms with Crippen LogP contribution in [-0.4, -0.2) is 55.7 Å². The van der Waals surface area contributed by atoms with Crippen LogP contribution in [0.15, 0.2) is 30.3 Å². The van der Waals surface area contributed by atoms with Crippen LogP contribution in [-0.2, 0) is 25.6 Å². The molecule has 25 heavy (non-hydrogen) atoms. The van der Waals surface area contributed by atoms with E-state index in [4.69, 9.17) is 9.47 Å². The van der Waals surface area contributed by atoms with Crippen molar-refractivity contribution in [3.05, 3.63) is 35.9 Å². The maximum atomic E-state index is 12.5. The first-order chi connectivity index (χ1) is 12.0. The van der Waals surface area contributed by atoms with Gasteiger partial charge in [-0.2, -0.15) is 0 Å². The Morgan fingerprint density at radius 1 is 1.32 bits per heavy atom. The second kappa shape index (κ2) is 9.53. The third-order valence-electron chi connectivity index (χ3n) is 4.20. The minimum absolute atomic E-state index is 0.256. The molecule has 2 unspecified atom stereocenters. The summed E-state index contributed by atoms with van der Waals surface area (Å²) < 4.78 is 10.4. The standard InChI is InChI=1S/C19H28N2O4/c1-14(2)11-16(19(23)24-3)20-18(22)17-13-21(9-10-25-17)12-15-7-5-4-6-8-15/h4-8,14,16-17H,9-13H2,1-3H3,(H,20,22). The predicted octanol–water partition coefficient (Wildman–Crippen LogP) is 1.59. The molecule has 1 aromatic carbocycles. The van der Waals surface area contributed by atoms with Crippen LogP contribution >= 0.6 is 0 Å². The minimum atomic E-state index is -0.634. The lowest BCUT2D eigenvalue weighted by Crippen LogP contribution is -2.53. The summed E-state index contributed by atoms with van der Waals surface area (Å²) in [6, 6.07) is 9.51. The topological polar surface area (TPSA) is 67.9 Å². The number of morpholine rings is 1. The van der Waals surface area contributed by atoms with Gasteiger partial charge in [-0.25, -0.2) is 4.79 Å². The molecule has 1 heterocycles. The van der Waals surface area contributed by atoms with Crippen LogP contribution in [0.2, 0.25) is 0 Å². The van der Waals surface area contributed by atoms with Gasteiger partial charge in [0.05, 0.1) is 13.7 Å². The number of methoxy groups -OCH3 is 1. The van der Waals surface area contributed by atoms with Crippen molar-refractivity contribution < 1.29 is 19.1 Å². The van der Waals surface area contributed by atoms with E-state index in [-0.39, 0.29) is 11.8 Å². The molecule has 6 nitrogen and oxygen atoms in total. The Morgan fingerprint density at radius 2 is 2.04 bits per heavy atom. The number of hydrogen-bond donors (Lipinski definition) is 1. The lowest BCUT2D eigenvalue weighted by atomic mass is 10.0. The number of benzene rings is 1. The summed E-state index contributed by atoms with van der Waals surface area (Å²) in [5.41, 5.74) is 1.20. The summed E-state index contributed by atoms with van der Waals surface area (Å²) in [6.07, 6.45) is -0.0319. The third kappa shape index (κ3) is 6.14. The van der Waals surface area contributed by atoms with Crippen LogP contribution in [0, 0.1) is 5.92 Å². The van der Waals surface area contributed by atoms with E-state index >= 15 is 0 Å². The van der Waals surface area contributed by atoms with Gasteiger partial charge in [0.2, 0.25) is 0 Å². The number of nitrogens with one attached hydrogen (secondary N) is 1. The second-order valence-corrected chi connectivity index (χ2v) is 6.79. The maximum absolute atomic E-state index is 12.5. The molecule has 1 aliphatic heterocycles. The molecule has 1 N–H and O–H groups in total. The van der Waals surface area contributed by atoms with Gasteiger partial charge in [0.25, 0.3) is 5.91 Å². The Balaban J connectivity index is 1.92. The summed E-state index contributed by atoms with van der Waals surface area (Å²) >= 11 is 0. The van der Waals surface area contributed by atoms with Crippen molar-refractivity contribution in [2.24, 2.45) is 5.92 Å². The summed E-state index contributed by atoms with van der Waals surface area (Å²) in [4.78, 5) is 26.6. The first-order valence-electron chi connectivity index (χ1n) is 8.75. The highest BCUT2D eigenvalue weighted by atomic mass is 16.5. The van der Waals surface area contributed by atoms with Crippen molar-refractivity contribution in [3.8, 4) is 0 Å². The smallest absolute Gasteiger partial charge is 0.328 e. The van der Waals surface area contributed by atoms with Crippen molar-refractivity contribution >= 4 is 11.9 Å². The SMILES string of the molecule is COC(=O)C(CC(C)C)NC(=O)C1CN(Cc2ccccc2)CCO1. The quantitative estimate of drug-likeness (QED) is 0.758. The van der Waals surface area contributed by atoms with Gasteiger partial charge < -0.3 is 14.8 Å². The fourth-order valence-electron chi connectivity index (χ4n) is 2.94. The Hall–Kier alpha value is -1.92. The van der Waals surface area contributed by atoms with Gasteiger partial charge in [-0.3, -0.25) is 9.69 Å². The summed E-state index contributed by atoms with van der Waals surface area (Å²) in [5.74, 6) is -0.404. The zero-order valence-electron chi connectivity index (χ0n) is 15.2. The van der Waals surface area contributed by atoms with Gasteiger partial charge in [-0.05, 0) is 17.9 Å². The molecule has 138 valence electrons. The molecule has 0 bridgehead atoms. The predicted molar refractivity (Wildman–Crippen MR) is 94.9 cm³/mol. The monoisotopic (exact) mass is 348 g/mol. The zero-order chi connectivity index (χ0) is 18.2. The molecule has 1 fully saturated rings. The summed E-state index contributed by atoms with van der Waals surface area (Å²) in [7, 11) is 1.33. The number of ether oxygens (including phenoxy) is 2. The molecular formula is C19H28N2O4. The van der Waals surface area contributed by atoms with Gasteiger partial charge in [-0.15, -0.1) is 0 Å². The number of hydrogen-bond acceptors (Lipinski definition) is 5. The number of nitrogens with zero attached hydrogens (tertiary/aromatic N) is 1. The average molecular weight is 348 g/mol. The van der Waals surface area contributed by atoms with Crippen molar-refractivity contribution in [2.75, 3.05) is 26.8 Å². The van der Waals surface area contributed by atoms with Crippen molar-refractivity contribution in [3.63, 3.8) is 0 Å². The number of carbonyl (C=O) groups excluding carboxylic acids is 2. The highest BCUT2D eigenvalue weighted by Gasteiger charge is 2.30. The molecule has 0 radical (unpaired) electrons. The molecule has 0 aromatic heterocycles. The molecule has 0 aliphatic carbocycles. The number of rotatable bonds is 7. The molecule has 2 rings (SSSR count). The highest BCUT2D eigenvalue weighted by Crippen LogP contribution is 2.12. The minimum Gasteiger partial charge on any atom is -0.467 e. The summed E-state index contributed by atoms with van der Waals surface area (Å²) in [6.45, 7) is 6.57. The van der Waals surface area contributed by atoms with E-state index in [1.165, 1.54) is 12.7 Å². The summed E-state index contributed by atoms with van der Waals surface area (Å²) in [5, 5.41) is 2.79. The molecule has 1 aliphatic rings. The Kier molecular flexibility index (Phi) is 7.40. The molecule has 2 atom stereocenters. The van der Waals surface area contributed by atoms with E-state index < -0.39 is 18.1 Å². The van der Waals surface area contributed by atoms with E-state index in [1.54, 1.807) is 0 Å². The molecule has 1 aromatic rings. The van der Waals surface area contributed by atoms with Crippen LogP contribution < -0.4 is 5.32 Å². The second-order valence-electron chi connectivity index (χ2n) is 6.79. The fraction of sp³-hybridized carbons (Fsp3) is 0.579. The number of esters is 1. The first kappa shape index (κ1) is 19.4. The van der Waals surface area contributed by atoms with Crippen molar-refractivity contribution in [1.82, 2.24) is 10.2 Å². The molecule has 1 saturated heterocycles. The average Bonchev–Trinajstić information content (AvgIpc) is 2.61. The van der Waals surface area contributed by atoms with Gasteiger partial charge in [-0.1, -0.05) is 44.2 Å². The normalized spacial score (nSPS) is 19.4. The molecule has 1 amide bonds. The number of carbonyl (C=O) groups is 2. The van der Waals surface area contributed by atoms with E-state index in [9.17, 15) is 9.59 Å². The Morgan fingerprint density at radius 3 is 2.68 bits per heavy atom. The van der Waals surface area contributed by atoms with Crippen LogP contribution in [0.4, 0.5) is 0 Å². The van der Waals surface area contributed by atoms with Crippen LogP contribution in [0.3, 0.4) is 0 Å². The molecule has 6 heteroatoms. The Bertz CT molecular complexity index is 562. The fourth-order valence-corrected chi connectivity index (χ4v) is 2.94. The van der Waals surface area contributed by atoms with E-state index in [0.717, 1.165) is 13.1 Å². The Labute approximate surface area is 149 Å². The lowest BCUT2D eigenvalue weighted by molar-refractivity contribution is -0.149. The van der Waals surface area contributed by atoms with Crippen LogP contribution in [0.1, 0.15) is 25.8 Å². The number of amides is 1. The maximum Gasteiger partial charge on any atom is 0.328 e. The van der Waals surface area contributed by atoms with Gasteiger partial charge >= 0.3 is 5.97 Å². The molecule has 0 saturated carbocycles. The van der Waals surface area contributed by atoms with E-state index in [0.29, 0.717) is 19.6 Å². The van der Waals surface area contributed by atoms with Gasteiger partial charge in [0.1, 0.15) is 12.1 Å². The highest BCUT2D eigenvalue weighted by molar-refractivity contribution is 5.87. The zero-order valence-corrected chi connectivity index (χ0v) is 15.2. The van der Waals surface area contributed by atoms with E-state index in [1.807, 2.05) is 32.0 Å². The van der Waals surface area contributed by atoms with Crippen LogP contribution in [0.5, 0.6) is 0 Å².